The molecule has 1 atom stereocenters. The lowest BCUT2D eigenvalue weighted by Gasteiger charge is -2.09. The van der Waals surface area contributed by atoms with Crippen LogP contribution in [0.5, 0.6) is 0 Å². The molecule has 0 spiro atoms. The topological polar surface area (TPSA) is 0 Å². The number of alkyl halides is 1. The molecule has 0 bridgehead atoms. The molecular weight excluding hydrogens is 346 g/mol. The van der Waals surface area contributed by atoms with Crippen molar-refractivity contribution in [3.05, 3.63) is 54.9 Å². The highest BCUT2D eigenvalue weighted by molar-refractivity contribution is 9.11. The second-order valence-corrected chi connectivity index (χ2v) is 6.90. The first-order valence-electron chi connectivity index (χ1n) is 4.84. The molecule has 0 fully saturated rings. The largest absolute Gasteiger partial charge is 0.207 e. The fourth-order valence-corrected chi connectivity index (χ4v) is 3.61. The Kier molecular flexibility index (Phi) is 4.14. The number of aryl methyl sites for hydroxylation is 1. The van der Waals surface area contributed by atoms with Crippen LogP contribution in [0.4, 0.5) is 4.39 Å². The lowest BCUT2D eigenvalue weighted by molar-refractivity contribution is 0.612. The van der Waals surface area contributed by atoms with Crippen molar-refractivity contribution >= 4 is 50.5 Å². The maximum absolute atomic E-state index is 13.7. The van der Waals surface area contributed by atoms with Crippen molar-refractivity contribution < 1.29 is 4.39 Å². The van der Waals surface area contributed by atoms with E-state index in [1.165, 1.54) is 17.4 Å². The van der Waals surface area contributed by atoms with Crippen LogP contribution in [-0.2, 0) is 0 Å². The van der Waals surface area contributed by atoms with Crippen molar-refractivity contribution in [2.45, 2.75) is 12.3 Å². The molecule has 0 saturated heterocycles. The first-order chi connectivity index (χ1) is 7.99. The second-order valence-electron chi connectivity index (χ2n) is 3.66. The van der Waals surface area contributed by atoms with Gasteiger partial charge in [-0.15, -0.1) is 22.9 Å². The van der Waals surface area contributed by atoms with E-state index in [0.29, 0.717) is 10.6 Å². The van der Waals surface area contributed by atoms with E-state index in [-0.39, 0.29) is 5.82 Å². The molecular formula is C12H8BrCl2FS. The van der Waals surface area contributed by atoms with Gasteiger partial charge < -0.3 is 0 Å². The van der Waals surface area contributed by atoms with Crippen LogP contribution in [0.3, 0.4) is 0 Å². The van der Waals surface area contributed by atoms with Gasteiger partial charge in [0.15, 0.2) is 0 Å². The van der Waals surface area contributed by atoms with Crippen LogP contribution in [-0.4, -0.2) is 0 Å². The summed E-state index contributed by atoms with van der Waals surface area (Å²) < 4.78 is 14.5. The molecule has 0 saturated carbocycles. The Hall–Kier alpha value is -0.0900. The van der Waals surface area contributed by atoms with E-state index >= 15 is 0 Å². The predicted molar refractivity (Wildman–Crippen MR) is 75.9 cm³/mol. The molecule has 2 aromatic rings. The Morgan fingerprint density at radius 1 is 1.35 bits per heavy atom. The fourth-order valence-electron chi connectivity index (χ4n) is 1.50. The summed E-state index contributed by atoms with van der Waals surface area (Å²) in [5, 5.41) is 0.0902. The van der Waals surface area contributed by atoms with E-state index < -0.39 is 5.38 Å². The van der Waals surface area contributed by atoms with Gasteiger partial charge >= 0.3 is 0 Å². The summed E-state index contributed by atoms with van der Waals surface area (Å²) in [7, 11) is 0. The summed E-state index contributed by atoms with van der Waals surface area (Å²) in [4.78, 5) is 0.827. The van der Waals surface area contributed by atoms with Crippen molar-refractivity contribution in [1.29, 1.82) is 0 Å². The molecule has 1 heterocycles. The number of rotatable bonds is 2. The molecule has 1 unspecified atom stereocenters. The zero-order valence-electron chi connectivity index (χ0n) is 8.81. The zero-order chi connectivity index (χ0) is 12.6. The maximum Gasteiger partial charge on any atom is 0.128 e. The Balaban J connectivity index is 2.42. The number of hydrogen-bond donors (Lipinski definition) is 0. The number of benzene rings is 1. The summed E-state index contributed by atoms with van der Waals surface area (Å²) >= 11 is 17.0. The standard InChI is InChI=1S/C12H8BrCl2FS/c1-6-2-3-9(16)7(4-6)11(15)10-5-8(14)12(13)17-10/h2-5,11H,1H3. The van der Waals surface area contributed by atoms with E-state index in [9.17, 15) is 4.39 Å². The Morgan fingerprint density at radius 2 is 2.06 bits per heavy atom. The lowest BCUT2D eigenvalue weighted by atomic mass is 10.1. The van der Waals surface area contributed by atoms with E-state index in [4.69, 9.17) is 23.2 Å². The van der Waals surface area contributed by atoms with Crippen molar-refractivity contribution in [3.8, 4) is 0 Å². The van der Waals surface area contributed by atoms with Crippen LogP contribution < -0.4 is 0 Å². The van der Waals surface area contributed by atoms with Crippen LogP contribution in [0.25, 0.3) is 0 Å². The van der Waals surface area contributed by atoms with Crippen LogP contribution in [0.2, 0.25) is 5.02 Å². The van der Waals surface area contributed by atoms with Gasteiger partial charge in [-0.25, -0.2) is 4.39 Å². The van der Waals surface area contributed by atoms with Gasteiger partial charge in [-0.05, 0) is 35.0 Å². The summed E-state index contributed by atoms with van der Waals surface area (Å²) in [5.41, 5.74) is 1.46. The molecule has 0 aliphatic carbocycles. The highest BCUT2D eigenvalue weighted by Crippen LogP contribution is 2.40. The van der Waals surface area contributed by atoms with Gasteiger partial charge in [0.2, 0.25) is 0 Å². The summed E-state index contributed by atoms with van der Waals surface area (Å²) in [6.07, 6.45) is 0. The van der Waals surface area contributed by atoms with E-state index in [0.717, 1.165) is 14.2 Å². The highest BCUT2D eigenvalue weighted by atomic mass is 79.9. The maximum atomic E-state index is 13.7. The Labute approximate surface area is 121 Å². The van der Waals surface area contributed by atoms with Crippen molar-refractivity contribution in [1.82, 2.24) is 0 Å². The summed E-state index contributed by atoms with van der Waals surface area (Å²) in [5.74, 6) is -0.295. The van der Waals surface area contributed by atoms with Gasteiger partial charge in [-0.3, -0.25) is 0 Å². The third-order valence-corrected chi connectivity index (χ3v) is 5.48. The average Bonchev–Trinajstić information content (AvgIpc) is 2.62. The summed E-state index contributed by atoms with van der Waals surface area (Å²) in [6, 6.07) is 6.67. The molecule has 0 N–H and O–H groups in total. The van der Waals surface area contributed by atoms with Crippen LogP contribution in [0.15, 0.2) is 28.1 Å². The monoisotopic (exact) mass is 352 g/mol. The number of hydrogen-bond acceptors (Lipinski definition) is 1. The van der Waals surface area contributed by atoms with Gasteiger partial charge in [0, 0.05) is 10.4 Å². The van der Waals surface area contributed by atoms with Crippen molar-refractivity contribution in [3.63, 3.8) is 0 Å². The van der Waals surface area contributed by atoms with E-state index in [1.54, 1.807) is 18.2 Å². The molecule has 1 aromatic carbocycles. The highest BCUT2D eigenvalue weighted by Gasteiger charge is 2.18. The normalized spacial score (nSPS) is 12.8. The van der Waals surface area contributed by atoms with Crippen LogP contribution in [0, 0.1) is 12.7 Å². The fraction of sp³-hybridized carbons (Fsp3) is 0.167. The zero-order valence-corrected chi connectivity index (χ0v) is 12.7. The smallest absolute Gasteiger partial charge is 0.128 e. The molecule has 0 amide bonds. The Bertz CT molecular complexity index is 534. The third kappa shape index (κ3) is 2.84. The van der Waals surface area contributed by atoms with E-state index in [2.05, 4.69) is 15.9 Å². The molecule has 0 aliphatic heterocycles. The SMILES string of the molecule is Cc1ccc(F)c(C(Cl)c2cc(Cl)c(Br)s2)c1. The van der Waals surface area contributed by atoms with E-state index in [1.807, 2.05) is 6.92 Å². The van der Waals surface area contributed by atoms with Gasteiger partial charge in [0.25, 0.3) is 0 Å². The molecule has 2 rings (SSSR count). The van der Waals surface area contributed by atoms with Gasteiger partial charge in [-0.2, -0.15) is 0 Å². The molecule has 0 nitrogen and oxygen atoms in total. The number of halogens is 4. The molecule has 0 aliphatic rings. The Morgan fingerprint density at radius 3 is 2.65 bits per heavy atom. The van der Waals surface area contributed by atoms with Crippen molar-refractivity contribution in [2.24, 2.45) is 0 Å². The van der Waals surface area contributed by atoms with Gasteiger partial charge in [0.1, 0.15) is 5.82 Å². The van der Waals surface area contributed by atoms with Crippen LogP contribution in [0.1, 0.15) is 21.4 Å². The molecule has 5 heteroatoms. The molecule has 90 valence electrons. The first-order valence-corrected chi connectivity index (χ1v) is 7.26. The minimum atomic E-state index is -0.510. The molecule has 17 heavy (non-hydrogen) atoms. The quantitative estimate of drug-likeness (QED) is 0.586. The summed E-state index contributed by atoms with van der Waals surface area (Å²) in [6.45, 7) is 1.91. The second kappa shape index (κ2) is 5.27. The van der Waals surface area contributed by atoms with Crippen molar-refractivity contribution in [2.75, 3.05) is 0 Å². The van der Waals surface area contributed by atoms with Crippen LogP contribution >= 0.6 is 50.5 Å². The number of thiophene rings is 1. The average molecular weight is 354 g/mol. The molecule has 0 radical (unpaired) electrons. The lowest BCUT2D eigenvalue weighted by Crippen LogP contribution is -1.95. The minimum Gasteiger partial charge on any atom is -0.207 e. The first kappa shape index (κ1) is 13.3. The predicted octanol–water partition coefficient (Wildman–Crippen LogP) is 5.94. The molecule has 1 aromatic heterocycles. The van der Waals surface area contributed by atoms with Gasteiger partial charge in [-0.1, -0.05) is 29.3 Å². The minimum absolute atomic E-state index is 0.295. The van der Waals surface area contributed by atoms with Gasteiger partial charge in [0.05, 0.1) is 14.2 Å². The third-order valence-electron chi connectivity index (χ3n) is 2.34.